The minimum atomic E-state index is 0.774. The summed E-state index contributed by atoms with van der Waals surface area (Å²) >= 11 is 1.74. The molecule has 0 aliphatic carbocycles. The van der Waals surface area contributed by atoms with Crippen LogP contribution in [0.5, 0.6) is 0 Å². The van der Waals surface area contributed by atoms with Crippen LogP contribution in [0.2, 0.25) is 0 Å². The second-order valence-corrected chi connectivity index (χ2v) is 7.04. The summed E-state index contributed by atoms with van der Waals surface area (Å²) in [6.45, 7) is 0.774. The molecule has 4 rings (SSSR count). The smallest absolute Gasteiger partial charge is 0.154 e. The molecule has 0 fully saturated rings. The van der Waals surface area contributed by atoms with E-state index in [1.807, 2.05) is 36.9 Å². The Hall–Kier alpha value is -2.86. The fraction of sp³-hybridized carbons (Fsp3) is 0.158. The fourth-order valence-corrected chi connectivity index (χ4v) is 3.34. The molecule has 3 aromatic heterocycles. The van der Waals surface area contributed by atoms with Crippen molar-refractivity contribution in [3.63, 3.8) is 0 Å². The van der Waals surface area contributed by atoms with E-state index in [0.29, 0.717) is 0 Å². The lowest BCUT2D eigenvalue weighted by Crippen LogP contribution is -2.08. The third-order valence-corrected chi connectivity index (χ3v) is 4.92. The summed E-state index contributed by atoms with van der Waals surface area (Å²) in [5, 5.41) is 10.2. The van der Waals surface area contributed by atoms with Gasteiger partial charge in [0.1, 0.15) is 5.82 Å². The molecule has 0 radical (unpaired) electrons. The van der Waals surface area contributed by atoms with E-state index < -0.39 is 0 Å². The molecule has 0 saturated heterocycles. The maximum atomic E-state index is 4.72. The Morgan fingerprint density at radius 1 is 1.12 bits per heavy atom. The van der Waals surface area contributed by atoms with Crippen molar-refractivity contribution in [3.05, 3.63) is 65.0 Å². The summed E-state index contributed by atoms with van der Waals surface area (Å²) in [7, 11) is 4.08. The first-order chi connectivity index (χ1) is 12.2. The molecule has 0 spiro atoms. The van der Waals surface area contributed by atoms with Gasteiger partial charge in [-0.3, -0.25) is 0 Å². The van der Waals surface area contributed by atoms with Gasteiger partial charge in [-0.05, 0) is 35.7 Å². The van der Waals surface area contributed by atoms with Crippen LogP contribution in [0.15, 0.2) is 60.1 Å². The molecule has 4 aromatic rings. The summed E-state index contributed by atoms with van der Waals surface area (Å²) in [4.78, 5) is 7.86. The zero-order valence-electron chi connectivity index (χ0n) is 14.2. The summed E-state index contributed by atoms with van der Waals surface area (Å²) in [6.07, 6.45) is 1.88. The van der Waals surface area contributed by atoms with E-state index in [-0.39, 0.29) is 0 Å². The highest BCUT2D eigenvalue weighted by Gasteiger charge is 2.09. The second-order valence-electron chi connectivity index (χ2n) is 6.01. The molecule has 0 amide bonds. The maximum absolute atomic E-state index is 4.72. The van der Waals surface area contributed by atoms with Crippen molar-refractivity contribution in [1.29, 1.82) is 0 Å². The number of imidazole rings is 1. The van der Waals surface area contributed by atoms with E-state index in [9.17, 15) is 0 Å². The van der Waals surface area contributed by atoms with Gasteiger partial charge >= 0.3 is 0 Å². The van der Waals surface area contributed by atoms with Crippen molar-refractivity contribution in [2.75, 3.05) is 24.3 Å². The Labute approximate surface area is 150 Å². The third kappa shape index (κ3) is 3.21. The van der Waals surface area contributed by atoms with E-state index in [1.165, 1.54) is 4.88 Å². The van der Waals surface area contributed by atoms with Gasteiger partial charge in [-0.2, -0.15) is 0 Å². The SMILES string of the molecule is CN(C)c1cccc(-c2cnc3ccc(NCc4cccs4)nn23)c1. The van der Waals surface area contributed by atoms with Gasteiger partial charge < -0.3 is 10.2 Å². The van der Waals surface area contributed by atoms with Gasteiger partial charge in [0.25, 0.3) is 0 Å². The number of rotatable bonds is 5. The standard InChI is InChI=1S/C19H19N5S/c1-23(2)15-6-3-5-14(11-15)17-13-21-19-9-8-18(22-24(17)19)20-12-16-7-4-10-25-16/h3-11,13H,12H2,1-2H3,(H,20,22). The minimum Gasteiger partial charge on any atom is -0.378 e. The van der Waals surface area contributed by atoms with E-state index in [1.54, 1.807) is 11.3 Å². The first kappa shape index (κ1) is 15.7. The Morgan fingerprint density at radius 3 is 2.84 bits per heavy atom. The molecule has 3 heterocycles. The minimum absolute atomic E-state index is 0.774. The Kier molecular flexibility index (Phi) is 4.11. The van der Waals surface area contributed by atoms with Crippen molar-refractivity contribution in [2.24, 2.45) is 0 Å². The van der Waals surface area contributed by atoms with E-state index in [2.05, 4.69) is 57.0 Å². The molecule has 1 N–H and O–H groups in total. The van der Waals surface area contributed by atoms with Crippen molar-refractivity contribution in [1.82, 2.24) is 14.6 Å². The number of nitrogens with zero attached hydrogens (tertiary/aromatic N) is 4. The van der Waals surface area contributed by atoms with Gasteiger partial charge in [0.2, 0.25) is 0 Å². The average Bonchev–Trinajstić information content (AvgIpc) is 3.29. The normalized spacial score (nSPS) is 11.0. The van der Waals surface area contributed by atoms with Crippen LogP contribution in [0.4, 0.5) is 11.5 Å². The molecule has 0 atom stereocenters. The molecular formula is C19H19N5S. The van der Waals surface area contributed by atoms with Gasteiger partial charge in [-0.15, -0.1) is 16.4 Å². The van der Waals surface area contributed by atoms with Crippen LogP contribution < -0.4 is 10.2 Å². The van der Waals surface area contributed by atoms with Crippen LogP contribution in [-0.2, 0) is 6.54 Å². The highest BCUT2D eigenvalue weighted by molar-refractivity contribution is 7.09. The first-order valence-electron chi connectivity index (χ1n) is 8.09. The van der Waals surface area contributed by atoms with E-state index >= 15 is 0 Å². The van der Waals surface area contributed by atoms with Crippen LogP contribution in [0.3, 0.4) is 0 Å². The van der Waals surface area contributed by atoms with Crippen LogP contribution in [-0.4, -0.2) is 28.7 Å². The van der Waals surface area contributed by atoms with Gasteiger partial charge in [-0.25, -0.2) is 9.50 Å². The van der Waals surface area contributed by atoms with Crippen molar-refractivity contribution >= 4 is 28.5 Å². The summed E-state index contributed by atoms with van der Waals surface area (Å²) in [6, 6.07) is 16.5. The van der Waals surface area contributed by atoms with E-state index in [4.69, 9.17) is 5.10 Å². The zero-order valence-corrected chi connectivity index (χ0v) is 15.0. The van der Waals surface area contributed by atoms with Gasteiger partial charge in [0.15, 0.2) is 5.65 Å². The molecule has 1 aromatic carbocycles. The molecule has 0 saturated carbocycles. The van der Waals surface area contributed by atoms with Crippen molar-refractivity contribution < 1.29 is 0 Å². The zero-order chi connectivity index (χ0) is 17.2. The highest BCUT2D eigenvalue weighted by atomic mass is 32.1. The highest BCUT2D eigenvalue weighted by Crippen LogP contribution is 2.25. The van der Waals surface area contributed by atoms with Crippen LogP contribution in [0.25, 0.3) is 16.9 Å². The molecular weight excluding hydrogens is 330 g/mol. The average molecular weight is 349 g/mol. The molecule has 0 aliphatic heterocycles. The predicted molar refractivity (Wildman–Crippen MR) is 104 cm³/mol. The van der Waals surface area contributed by atoms with Crippen LogP contribution in [0, 0.1) is 0 Å². The fourth-order valence-electron chi connectivity index (χ4n) is 2.70. The number of hydrogen-bond acceptors (Lipinski definition) is 5. The summed E-state index contributed by atoms with van der Waals surface area (Å²) < 4.78 is 1.89. The first-order valence-corrected chi connectivity index (χ1v) is 8.97. The number of fused-ring (bicyclic) bond motifs is 1. The Morgan fingerprint density at radius 2 is 2.04 bits per heavy atom. The quantitative estimate of drug-likeness (QED) is 0.588. The van der Waals surface area contributed by atoms with Crippen LogP contribution >= 0.6 is 11.3 Å². The Bertz CT molecular complexity index is 988. The number of thiophene rings is 1. The summed E-state index contributed by atoms with van der Waals surface area (Å²) in [5.74, 6) is 0.837. The second kappa shape index (κ2) is 6.57. The number of nitrogens with one attached hydrogen (secondary N) is 1. The number of aromatic nitrogens is 3. The van der Waals surface area contributed by atoms with Gasteiger partial charge in [-0.1, -0.05) is 18.2 Å². The van der Waals surface area contributed by atoms with Gasteiger partial charge in [0.05, 0.1) is 18.4 Å². The van der Waals surface area contributed by atoms with Crippen molar-refractivity contribution in [3.8, 4) is 11.3 Å². The van der Waals surface area contributed by atoms with Crippen molar-refractivity contribution in [2.45, 2.75) is 6.54 Å². The molecule has 6 heteroatoms. The lowest BCUT2D eigenvalue weighted by molar-refractivity contribution is 0.933. The number of anilines is 2. The van der Waals surface area contributed by atoms with Crippen LogP contribution in [0.1, 0.15) is 4.88 Å². The molecule has 0 bridgehead atoms. The monoisotopic (exact) mass is 349 g/mol. The lowest BCUT2D eigenvalue weighted by Gasteiger charge is -2.13. The van der Waals surface area contributed by atoms with Gasteiger partial charge in [0, 0.05) is 30.2 Å². The largest absolute Gasteiger partial charge is 0.378 e. The number of benzene rings is 1. The molecule has 0 aliphatic rings. The van der Waals surface area contributed by atoms with E-state index in [0.717, 1.165) is 35.0 Å². The topological polar surface area (TPSA) is 45.5 Å². The number of hydrogen-bond donors (Lipinski definition) is 1. The lowest BCUT2D eigenvalue weighted by atomic mass is 10.1. The predicted octanol–water partition coefficient (Wildman–Crippen LogP) is 4.14. The molecule has 126 valence electrons. The molecule has 0 unspecified atom stereocenters. The molecule has 25 heavy (non-hydrogen) atoms. The molecule has 5 nitrogen and oxygen atoms in total. The maximum Gasteiger partial charge on any atom is 0.154 e. The Balaban J connectivity index is 1.67. The third-order valence-electron chi connectivity index (χ3n) is 4.04. The summed E-state index contributed by atoms with van der Waals surface area (Å²) in [5.41, 5.74) is 4.08.